The first-order valence-corrected chi connectivity index (χ1v) is 7.95. The Morgan fingerprint density at radius 3 is 2.05 bits per heavy atom. The summed E-state index contributed by atoms with van der Waals surface area (Å²) in [6.07, 6.45) is 1.17. The van der Waals surface area contributed by atoms with E-state index >= 15 is 0 Å². The molecule has 1 heterocycles. The van der Waals surface area contributed by atoms with Crippen LogP contribution in [0.1, 0.15) is 68.2 Å². The topological polar surface area (TPSA) is 44.8 Å². The van der Waals surface area contributed by atoms with Crippen LogP contribution in [-0.4, -0.2) is 30.9 Å². The summed E-state index contributed by atoms with van der Waals surface area (Å²) in [7, 11) is -0.394. The fourth-order valence-electron chi connectivity index (χ4n) is 2.85. The van der Waals surface area contributed by atoms with Gasteiger partial charge in [0, 0.05) is 11.7 Å². The van der Waals surface area contributed by atoms with Gasteiger partial charge in [0.2, 0.25) is 0 Å². The van der Waals surface area contributed by atoms with E-state index in [-0.39, 0.29) is 22.5 Å². The lowest BCUT2D eigenvalue weighted by Crippen LogP contribution is -2.41. The predicted molar refractivity (Wildman–Crippen MR) is 85.2 cm³/mol. The van der Waals surface area contributed by atoms with Gasteiger partial charge in [0.25, 0.3) is 0 Å². The van der Waals surface area contributed by atoms with E-state index in [2.05, 4.69) is 20.8 Å². The normalized spacial score (nSPS) is 23.2. The molecule has 0 aromatic carbocycles. The van der Waals surface area contributed by atoms with Gasteiger partial charge in [-0.3, -0.25) is 4.79 Å². The van der Waals surface area contributed by atoms with Crippen molar-refractivity contribution in [2.24, 2.45) is 5.92 Å². The maximum Gasteiger partial charge on any atom is 0.464 e. The minimum Gasteiger partial charge on any atom is -0.466 e. The highest BCUT2D eigenvalue weighted by atomic mass is 16.7. The van der Waals surface area contributed by atoms with E-state index in [9.17, 15) is 4.79 Å². The van der Waals surface area contributed by atoms with E-state index in [1.54, 1.807) is 0 Å². The Hall–Kier alpha value is -0.545. The molecule has 1 aliphatic heterocycles. The summed E-state index contributed by atoms with van der Waals surface area (Å²) >= 11 is 0. The van der Waals surface area contributed by atoms with Crippen LogP contribution in [0.4, 0.5) is 0 Å². The fraction of sp³-hybridized carbons (Fsp3) is 0.938. The second-order valence-electron chi connectivity index (χ2n) is 7.82. The zero-order chi connectivity index (χ0) is 16.5. The summed E-state index contributed by atoms with van der Waals surface area (Å²) in [5.74, 6) is 0.263. The van der Waals surface area contributed by atoms with Crippen LogP contribution in [0, 0.1) is 5.92 Å². The van der Waals surface area contributed by atoms with Crippen molar-refractivity contribution in [3.8, 4) is 0 Å². The molecule has 0 spiro atoms. The van der Waals surface area contributed by atoms with Crippen LogP contribution < -0.4 is 0 Å². The second kappa shape index (κ2) is 6.29. The summed E-state index contributed by atoms with van der Waals surface area (Å²) in [6, 6.07) is 0. The molecule has 1 aliphatic rings. The van der Waals surface area contributed by atoms with Crippen molar-refractivity contribution >= 4 is 13.1 Å². The Bertz CT molecular complexity index is 362. The molecular formula is C16H31BO4. The van der Waals surface area contributed by atoms with Gasteiger partial charge in [-0.2, -0.15) is 0 Å². The summed E-state index contributed by atoms with van der Waals surface area (Å²) in [5.41, 5.74) is -0.769. The number of esters is 1. The lowest BCUT2D eigenvalue weighted by Gasteiger charge is -2.32. The molecule has 0 N–H and O–H groups in total. The maximum atomic E-state index is 12.0. The Morgan fingerprint density at radius 2 is 1.67 bits per heavy atom. The number of rotatable bonds is 6. The smallest absolute Gasteiger partial charge is 0.464 e. The number of hydrogen-bond acceptors (Lipinski definition) is 4. The molecule has 0 bridgehead atoms. The second-order valence-corrected chi connectivity index (χ2v) is 7.82. The first kappa shape index (κ1) is 18.5. The average molecular weight is 298 g/mol. The standard InChI is InChI=1S/C16H31BO4/c1-9-19-13(18)11-16(8,10-12(2)3)17-20-14(4,5)15(6,7)21-17/h12H,9-11H2,1-8H3. The molecule has 0 saturated carbocycles. The molecule has 1 fully saturated rings. The summed E-state index contributed by atoms with van der Waals surface area (Å²) < 4.78 is 17.5. The van der Waals surface area contributed by atoms with Gasteiger partial charge in [-0.25, -0.2) is 0 Å². The Labute approximate surface area is 130 Å². The van der Waals surface area contributed by atoms with Crippen molar-refractivity contribution in [1.29, 1.82) is 0 Å². The monoisotopic (exact) mass is 298 g/mol. The van der Waals surface area contributed by atoms with Gasteiger partial charge < -0.3 is 14.0 Å². The van der Waals surface area contributed by atoms with E-state index in [0.29, 0.717) is 18.9 Å². The van der Waals surface area contributed by atoms with Gasteiger partial charge in [-0.1, -0.05) is 20.8 Å². The van der Waals surface area contributed by atoms with Crippen LogP contribution in [0.15, 0.2) is 0 Å². The van der Waals surface area contributed by atoms with E-state index in [1.165, 1.54) is 0 Å². The number of hydrogen-bond donors (Lipinski definition) is 0. The van der Waals surface area contributed by atoms with Gasteiger partial charge in [-0.05, 0) is 47.0 Å². The molecule has 1 saturated heterocycles. The molecule has 0 radical (unpaired) electrons. The molecule has 0 aliphatic carbocycles. The Morgan fingerprint density at radius 1 is 1.19 bits per heavy atom. The zero-order valence-corrected chi connectivity index (χ0v) is 14.9. The number of ether oxygens (including phenoxy) is 1. The van der Waals surface area contributed by atoms with Crippen LogP contribution >= 0.6 is 0 Å². The molecule has 1 atom stereocenters. The largest absolute Gasteiger partial charge is 0.466 e. The predicted octanol–water partition coefficient (Wildman–Crippen LogP) is 3.84. The Balaban J connectivity index is 2.96. The van der Waals surface area contributed by atoms with Crippen LogP contribution in [0.3, 0.4) is 0 Å². The molecule has 0 amide bonds. The van der Waals surface area contributed by atoms with Crippen LogP contribution in [0.5, 0.6) is 0 Å². The van der Waals surface area contributed by atoms with E-state index in [1.807, 2.05) is 34.6 Å². The lowest BCUT2D eigenvalue weighted by molar-refractivity contribution is -0.144. The van der Waals surface area contributed by atoms with E-state index in [4.69, 9.17) is 14.0 Å². The molecule has 0 aromatic rings. The van der Waals surface area contributed by atoms with Crippen LogP contribution in [0.25, 0.3) is 0 Å². The molecule has 1 rings (SSSR count). The van der Waals surface area contributed by atoms with Crippen molar-refractivity contribution < 1.29 is 18.8 Å². The van der Waals surface area contributed by atoms with Crippen LogP contribution in [-0.2, 0) is 18.8 Å². The summed E-state index contributed by atoms with van der Waals surface area (Å²) in [5, 5.41) is -0.383. The van der Waals surface area contributed by atoms with Crippen molar-refractivity contribution in [2.75, 3.05) is 6.61 Å². The van der Waals surface area contributed by atoms with Crippen LogP contribution in [0.2, 0.25) is 5.31 Å². The highest BCUT2D eigenvalue weighted by molar-refractivity contribution is 6.50. The minimum atomic E-state index is -0.394. The molecule has 0 aromatic heterocycles. The van der Waals surface area contributed by atoms with E-state index < -0.39 is 7.12 Å². The lowest BCUT2D eigenvalue weighted by atomic mass is 9.53. The number of carbonyl (C=O) groups is 1. The van der Waals surface area contributed by atoms with Gasteiger partial charge in [0.05, 0.1) is 17.8 Å². The van der Waals surface area contributed by atoms with Crippen molar-refractivity contribution in [2.45, 2.75) is 84.7 Å². The minimum absolute atomic E-state index is 0.185. The summed E-state index contributed by atoms with van der Waals surface area (Å²) in [6.45, 7) is 16.7. The third-order valence-corrected chi connectivity index (χ3v) is 4.55. The fourth-order valence-corrected chi connectivity index (χ4v) is 2.85. The first-order chi connectivity index (χ1) is 9.43. The third kappa shape index (κ3) is 4.23. The zero-order valence-electron chi connectivity index (χ0n) is 14.9. The third-order valence-electron chi connectivity index (χ3n) is 4.55. The molecular weight excluding hydrogens is 267 g/mol. The van der Waals surface area contributed by atoms with Crippen molar-refractivity contribution in [3.05, 3.63) is 0 Å². The highest BCUT2D eigenvalue weighted by Crippen LogP contribution is 2.49. The van der Waals surface area contributed by atoms with Gasteiger partial charge in [0.15, 0.2) is 0 Å². The SMILES string of the molecule is CCOC(=O)CC(C)(CC(C)C)B1OC(C)(C)C(C)(C)O1. The summed E-state index contributed by atoms with van der Waals surface area (Å²) in [4.78, 5) is 12.0. The number of carbonyl (C=O) groups excluding carboxylic acids is 1. The molecule has 122 valence electrons. The van der Waals surface area contributed by atoms with Gasteiger partial charge >= 0.3 is 13.1 Å². The molecule has 4 nitrogen and oxygen atoms in total. The maximum absolute atomic E-state index is 12.0. The molecule has 5 heteroatoms. The molecule has 1 unspecified atom stereocenters. The van der Waals surface area contributed by atoms with Crippen molar-refractivity contribution in [1.82, 2.24) is 0 Å². The Kier molecular flexibility index (Phi) is 5.54. The average Bonchev–Trinajstić information content (AvgIpc) is 2.47. The highest BCUT2D eigenvalue weighted by Gasteiger charge is 2.58. The first-order valence-electron chi connectivity index (χ1n) is 7.95. The van der Waals surface area contributed by atoms with Gasteiger partial charge in [0.1, 0.15) is 0 Å². The van der Waals surface area contributed by atoms with E-state index in [0.717, 1.165) is 6.42 Å². The quantitative estimate of drug-likeness (QED) is 0.552. The van der Waals surface area contributed by atoms with Crippen molar-refractivity contribution in [3.63, 3.8) is 0 Å². The molecule has 21 heavy (non-hydrogen) atoms. The van der Waals surface area contributed by atoms with Gasteiger partial charge in [-0.15, -0.1) is 0 Å².